The Balaban J connectivity index is 2.08. The van der Waals surface area contributed by atoms with Gasteiger partial charge in [-0.25, -0.2) is 0 Å². The van der Waals surface area contributed by atoms with E-state index in [0.29, 0.717) is 5.92 Å². The van der Waals surface area contributed by atoms with Crippen LogP contribution in [0.1, 0.15) is 42.6 Å². The van der Waals surface area contributed by atoms with Crippen molar-refractivity contribution in [3.63, 3.8) is 0 Å². The maximum atomic E-state index is 4.13. The van der Waals surface area contributed by atoms with Crippen LogP contribution < -0.4 is 5.32 Å². The van der Waals surface area contributed by atoms with Gasteiger partial charge < -0.3 is 5.32 Å². The number of nitrogens with zero attached hydrogens (tertiary/aromatic N) is 2. The molecule has 0 aliphatic rings. The monoisotopic (exact) mass is 244 g/mol. The lowest BCUT2D eigenvalue weighted by Crippen LogP contribution is -2.19. The Morgan fingerprint density at radius 1 is 1.22 bits per heavy atom. The van der Waals surface area contributed by atoms with Crippen molar-refractivity contribution in [1.29, 1.82) is 0 Å². The van der Waals surface area contributed by atoms with Gasteiger partial charge in [0, 0.05) is 0 Å². The predicted molar refractivity (Wildman–Crippen MR) is 72.4 cm³/mol. The van der Waals surface area contributed by atoms with Crippen LogP contribution in [-0.2, 0) is 6.42 Å². The van der Waals surface area contributed by atoms with Gasteiger partial charge in [-0.2, -0.15) is 15.4 Å². The topological polar surface area (TPSA) is 53.6 Å². The first-order valence-electron chi connectivity index (χ1n) is 6.32. The summed E-state index contributed by atoms with van der Waals surface area (Å²) in [7, 11) is 1.95. The van der Waals surface area contributed by atoms with Gasteiger partial charge in [0.25, 0.3) is 0 Å². The summed E-state index contributed by atoms with van der Waals surface area (Å²) in [6.07, 6.45) is 2.69. The van der Waals surface area contributed by atoms with E-state index in [9.17, 15) is 0 Å². The molecule has 0 spiro atoms. The molecule has 0 bridgehead atoms. The third kappa shape index (κ3) is 2.96. The number of nitrogens with one attached hydrogen (secondary N) is 2. The average molecular weight is 244 g/mol. The smallest absolute Gasteiger partial charge is 0.0997 e. The highest BCUT2D eigenvalue weighted by molar-refractivity contribution is 5.26. The van der Waals surface area contributed by atoms with Gasteiger partial charge in [-0.3, -0.25) is 0 Å². The average Bonchev–Trinajstić information content (AvgIpc) is 2.90. The summed E-state index contributed by atoms with van der Waals surface area (Å²) < 4.78 is 0. The van der Waals surface area contributed by atoms with Crippen LogP contribution in [0.4, 0.5) is 0 Å². The van der Waals surface area contributed by atoms with Gasteiger partial charge in [-0.05, 0) is 30.5 Å². The highest BCUT2D eigenvalue weighted by atomic mass is 15.3. The molecular formula is C14H20N4. The minimum absolute atomic E-state index is 0.202. The zero-order valence-electron chi connectivity index (χ0n) is 11.1. The van der Waals surface area contributed by atoms with E-state index < -0.39 is 0 Å². The Bertz CT molecular complexity index is 459. The third-order valence-electron chi connectivity index (χ3n) is 3.23. The summed E-state index contributed by atoms with van der Waals surface area (Å²) >= 11 is 0. The first-order chi connectivity index (χ1) is 8.70. The minimum Gasteiger partial charge on any atom is -0.311 e. The summed E-state index contributed by atoms with van der Waals surface area (Å²) in [5.74, 6) is 0.578. The molecule has 96 valence electrons. The molecule has 0 aliphatic heterocycles. The molecule has 0 radical (unpaired) electrons. The SMILES string of the molecule is CNC(Cc1ccc(C(C)C)cc1)c1cn[nH]n1. The number of hydrogen-bond donors (Lipinski definition) is 2. The second-order valence-corrected chi connectivity index (χ2v) is 4.84. The van der Waals surface area contributed by atoms with Crippen molar-refractivity contribution < 1.29 is 0 Å². The van der Waals surface area contributed by atoms with Crippen LogP contribution in [0.3, 0.4) is 0 Å². The van der Waals surface area contributed by atoms with E-state index in [-0.39, 0.29) is 6.04 Å². The summed E-state index contributed by atoms with van der Waals surface area (Å²) in [4.78, 5) is 0. The van der Waals surface area contributed by atoms with E-state index >= 15 is 0 Å². The number of benzene rings is 1. The standard InChI is InChI=1S/C14H20N4/c1-10(2)12-6-4-11(5-7-12)8-13(15-3)14-9-16-18-17-14/h4-7,9-10,13,15H,8H2,1-3H3,(H,16,17,18). The molecule has 2 aromatic rings. The van der Waals surface area contributed by atoms with Crippen molar-refractivity contribution in [2.24, 2.45) is 0 Å². The zero-order chi connectivity index (χ0) is 13.0. The Morgan fingerprint density at radius 2 is 1.94 bits per heavy atom. The maximum absolute atomic E-state index is 4.13. The van der Waals surface area contributed by atoms with E-state index in [2.05, 4.69) is 58.8 Å². The number of H-pyrrole nitrogens is 1. The number of likely N-dealkylation sites (N-methyl/N-ethyl adjacent to an activating group) is 1. The number of aromatic amines is 1. The Labute approximate surface area is 108 Å². The van der Waals surface area contributed by atoms with Crippen molar-refractivity contribution in [1.82, 2.24) is 20.7 Å². The molecule has 4 heteroatoms. The number of rotatable bonds is 5. The highest BCUT2D eigenvalue weighted by Gasteiger charge is 2.12. The van der Waals surface area contributed by atoms with Gasteiger partial charge >= 0.3 is 0 Å². The second kappa shape index (κ2) is 5.78. The van der Waals surface area contributed by atoms with Gasteiger partial charge in [0.2, 0.25) is 0 Å². The first kappa shape index (κ1) is 12.8. The van der Waals surface area contributed by atoms with E-state index in [4.69, 9.17) is 0 Å². The molecule has 2 N–H and O–H groups in total. The molecule has 1 atom stereocenters. The van der Waals surface area contributed by atoms with Crippen LogP contribution in [0.2, 0.25) is 0 Å². The fourth-order valence-corrected chi connectivity index (χ4v) is 2.01. The molecule has 1 unspecified atom stereocenters. The number of aromatic nitrogens is 3. The van der Waals surface area contributed by atoms with Crippen LogP contribution in [0.5, 0.6) is 0 Å². The second-order valence-electron chi connectivity index (χ2n) is 4.84. The largest absolute Gasteiger partial charge is 0.311 e. The Morgan fingerprint density at radius 3 is 2.44 bits per heavy atom. The van der Waals surface area contributed by atoms with Gasteiger partial charge in [0.15, 0.2) is 0 Å². The summed E-state index contributed by atoms with van der Waals surface area (Å²) in [6, 6.07) is 9.00. The summed E-state index contributed by atoms with van der Waals surface area (Å²) in [5, 5.41) is 13.9. The highest BCUT2D eigenvalue weighted by Crippen LogP contribution is 2.18. The Kier molecular flexibility index (Phi) is 4.10. The van der Waals surface area contributed by atoms with Crippen molar-refractivity contribution in [3.8, 4) is 0 Å². The van der Waals surface area contributed by atoms with Crippen molar-refractivity contribution in [2.45, 2.75) is 32.2 Å². The molecule has 0 saturated heterocycles. The normalized spacial score (nSPS) is 12.9. The summed E-state index contributed by atoms with van der Waals surface area (Å²) in [6.45, 7) is 4.42. The lowest BCUT2D eigenvalue weighted by Gasteiger charge is -2.14. The van der Waals surface area contributed by atoms with Crippen LogP contribution in [0, 0.1) is 0 Å². The molecule has 1 aromatic carbocycles. The summed E-state index contributed by atoms with van der Waals surface area (Å²) in [5.41, 5.74) is 3.63. The van der Waals surface area contributed by atoms with Crippen LogP contribution in [-0.4, -0.2) is 22.5 Å². The van der Waals surface area contributed by atoms with Gasteiger partial charge in [-0.15, -0.1) is 0 Å². The van der Waals surface area contributed by atoms with Crippen molar-refractivity contribution in [3.05, 3.63) is 47.3 Å². The molecular weight excluding hydrogens is 224 g/mol. The van der Waals surface area contributed by atoms with Gasteiger partial charge in [0.1, 0.15) is 0 Å². The zero-order valence-corrected chi connectivity index (χ0v) is 11.1. The van der Waals surface area contributed by atoms with E-state index in [1.807, 2.05) is 7.05 Å². The molecule has 1 heterocycles. The molecule has 4 nitrogen and oxygen atoms in total. The van der Waals surface area contributed by atoms with E-state index in [0.717, 1.165) is 12.1 Å². The first-order valence-corrected chi connectivity index (χ1v) is 6.32. The van der Waals surface area contributed by atoms with Crippen molar-refractivity contribution in [2.75, 3.05) is 7.05 Å². The third-order valence-corrected chi connectivity index (χ3v) is 3.23. The van der Waals surface area contributed by atoms with E-state index in [1.54, 1.807) is 6.20 Å². The molecule has 1 aromatic heterocycles. The minimum atomic E-state index is 0.202. The maximum Gasteiger partial charge on any atom is 0.0997 e. The molecule has 18 heavy (non-hydrogen) atoms. The quantitative estimate of drug-likeness (QED) is 0.849. The fourth-order valence-electron chi connectivity index (χ4n) is 2.01. The van der Waals surface area contributed by atoms with E-state index in [1.165, 1.54) is 11.1 Å². The van der Waals surface area contributed by atoms with Crippen LogP contribution >= 0.6 is 0 Å². The Hall–Kier alpha value is -1.68. The van der Waals surface area contributed by atoms with Crippen molar-refractivity contribution >= 4 is 0 Å². The molecule has 2 rings (SSSR count). The van der Waals surface area contributed by atoms with Gasteiger partial charge in [0.05, 0.1) is 17.9 Å². The molecule has 0 aliphatic carbocycles. The fraction of sp³-hybridized carbons (Fsp3) is 0.429. The molecule has 0 fully saturated rings. The lowest BCUT2D eigenvalue weighted by atomic mass is 9.98. The number of hydrogen-bond acceptors (Lipinski definition) is 3. The molecule has 0 saturated carbocycles. The van der Waals surface area contributed by atoms with Crippen LogP contribution in [0.15, 0.2) is 30.5 Å². The lowest BCUT2D eigenvalue weighted by molar-refractivity contribution is 0.574. The predicted octanol–water partition coefficient (Wildman–Crippen LogP) is 2.43. The van der Waals surface area contributed by atoms with Gasteiger partial charge in [-0.1, -0.05) is 38.1 Å². The van der Waals surface area contributed by atoms with Crippen LogP contribution in [0.25, 0.3) is 0 Å². The molecule has 0 amide bonds.